The Kier molecular flexibility index (Phi) is 8.04. The first kappa shape index (κ1) is 14.2. The maximum atomic E-state index is 10.3. The number of rotatable bonds is 2. The summed E-state index contributed by atoms with van der Waals surface area (Å²) in [7, 11) is 0. The van der Waals surface area contributed by atoms with E-state index in [9.17, 15) is 9.59 Å². The largest absolute Gasteiger partial charge is 0.481 e. The molecule has 0 aromatic rings. The molecule has 1 aliphatic rings. The molecule has 88 valence electrons. The number of carbonyl (C=O) groups is 2. The minimum atomic E-state index is -0.738. The topological polar surface area (TPSA) is 75.6 Å². The zero-order valence-electron chi connectivity index (χ0n) is 8.66. The molecule has 5 nitrogen and oxygen atoms in total. The van der Waals surface area contributed by atoms with Gasteiger partial charge in [0.05, 0.1) is 12.5 Å². The van der Waals surface area contributed by atoms with Crippen LogP contribution in [-0.4, -0.2) is 36.2 Å². The molecule has 15 heavy (non-hydrogen) atoms. The first-order valence-electron chi connectivity index (χ1n) is 4.83. The van der Waals surface area contributed by atoms with Crippen LogP contribution in [0.1, 0.15) is 19.8 Å². The Morgan fingerprint density at radius 3 is 2.20 bits per heavy atom. The zero-order valence-corrected chi connectivity index (χ0v) is 9.42. The number of aliphatic carboxylic acids is 1. The molecular formula is C9H16ClNO4. The SMILES string of the molecule is CCOC(=O)Cl.O=C(O)C1CCNCC1. The summed E-state index contributed by atoms with van der Waals surface area (Å²) >= 11 is 4.72. The zero-order chi connectivity index (χ0) is 11.7. The lowest BCUT2D eigenvalue weighted by Gasteiger charge is -2.17. The lowest BCUT2D eigenvalue weighted by atomic mass is 9.99. The van der Waals surface area contributed by atoms with Gasteiger partial charge in [0, 0.05) is 11.6 Å². The van der Waals surface area contributed by atoms with Gasteiger partial charge in [0.1, 0.15) is 0 Å². The number of nitrogens with one attached hydrogen (secondary N) is 1. The Morgan fingerprint density at radius 1 is 1.47 bits per heavy atom. The fraction of sp³-hybridized carbons (Fsp3) is 0.778. The summed E-state index contributed by atoms with van der Waals surface area (Å²) in [5.74, 6) is -0.734. The van der Waals surface area contributed by atoms with Crippen LogP contribution in [0.3, 0.4) is 0 Å². The van der Waals surface area contributed by atoms with Gasteiger partial charge in [-0.2, -0.15) is 0 Å². The number of carboxylic acid groups (broad SMARTS) is 1. The summed E-state index contributed by atoms with van der Waals surface area (Å²) in [4.78, 5) is 19.9. The second-order valence-electron chi connectivity index (χ2n) is 3.03. The minimum Gasteiger partial charge on any atom is -0.481 e. The van der Waals surface area contributed by atoms with Gasteiger partial charge >= 0.3 is 11.4 Å². The standard InChI is InChI=1S/C6H11NO2.C3H5ClO2/c8-6(9)5-1-3-7-4-2-5;1-2-6-3(4)5/h5,7H,1-4H2,(H,8,9);2H2,1H3. The van der Waals surface area contributed by atoms with E-state index < -0.39 is 11.4 Å². The molecular weight excluding hydrogens is 222 g/mol. The summed E-state index contributed by atoms with van der Waals surface area (Å²) in [5.41, 5.74) is -0.738. The van der Waals surface area contributed by atoms with Crippen LogP contribution in [0.25, 0.3) is 0 Å². The lowest BCUT2D eigenvalue weighted by molar-refractivity contribution is -0.142. The number of carbonyl (C=O) groups excluding carboxylic acids is 1. The summed E-state index contributed by atoms with van der Waals surface area (Å²) < 4.78 is 4.17. The fourth-order valence-corrected chi connectivity index (χ4v) is 1.29. The van der Waals surface area contributed by atoms with Gasteiger partial charge in [-0.3, -0.25) is 4.79 Å². The van der Waals surface area contributed by atoms with E-state index >= 15 is 0 Å². The van der Waals surface area contributed by atoms with Crippen molar-refractivity contribution >= 4 is 23.0 Å². The maximum Gasteiger partial charge on any atom is 0.403 e. The average Bonchev–Trinajstić information content (AvgIpc) is 2.20. The van der Waals surface area contributed by atoms with Crippen molar-refractivity contribution in [2.45, 2.75) is 19.8 Å². The molecule has 1 aliphatic heterocycles. The van der Waals surface area contributed by atoms with Crippen LogP contribution in [-0.2, 0) is 9.53 Å². The second kappa shape index (κ2) is 8.49. The van der Waals surface area contributed by atoms with Crippen molar-refractivity contribution in [3.8, 4) is 0 Å². The van der Waals surface area contributed by atoms with E-state index in [1.807, 2.05) is 0 Å². The molecule has 0 spiro atoms. The smallest absolute Gasteiger partial charge is 0.403 e. The van der Waals surface area contributed by atoms with Crippen LogP contribution >= 0.6 is 11.6 Å². The molecule has 0 aromatic heterocycles. The Balaban J connectivity index is 0.000000288. The van der Waals surface area contributed by atoms with Crippen LogP contribution in [0.15, 0.2) is 0 Å². The van der Waals surface area contributed by atoms with Crippen molar-refractivity contribution in [1.29, 1.82) is 0 Å². The highest BCUT2D eigenvalue weighted by Crippen LogP contribution is 2.10. The summed E-state index contributed by atoms with van der Waals surface area (Å²) in [5, 5.41) is 11.6. The predicted octanol–water partition coefficient (Wildman–Crippen LogP) is 1.45. The van der Waals surface area contributed by atoms with E-state index in [2.05, 4.69) is 10.1 Å². The number of hydrogen-bond donors (Lipinski definition) is 2. The van der Waals surface area contributed by atoms with E-state index in [-0.39, 0.29) is 5.92 Å². The number of halogens is 1. The van der Waals surface area contributed by atoms with E-state index in [4.69, 9.17) is 16.7 Å². The average molecular weight is 238 g/mol. The number of hydrogen-bond acceptors (Lipinski definition) is 4. The first-order chi connectivity index (χ1) is 7.07. The Labute approximate surface area is 93.7 Å². The molecule has 0 aliphatic carbocycles. The third-order valence-corrected chi connectivity index (χ3v) is 2.06. The summed E-state index contributed by atoms with van der Waals surface area (Å²) in [6.07, 6.45) is 1.57. The van der Waals surface area contributed by atoms with E-state index in [0.717, 1.165) is 25.9 Å². The van der Waals surface area contributed by atoms with Gasteiger partial charge in [0.25, 0.3) is 0 Å². The highest BCUT2D eigenvalue weighted by atomic mass is 35.5. The lowest BCUT2D eigenvalue weighted by Crippen LogP contribution is -2.31. The van der Waals surface area contributed by atoms with Gasteiger partial charge in [-0.1, -0.05) is 0 Å². The molecule has 1 saturated heterocycles. The third kappa shape index (κ3) is 8.20. The molecule has 0 bridgehead atoms. The molecule has 1 rings (SSSR count). The maximum absolute atomic E-state index is 10.3. The number of carboxylic acids is 1. The Bertz CT molecular complexity index is 204. The van der Waals surface area contributed by atoms with E-state index in [1.165, 1.54) is 0 Å². The highest BCUT2D eigenvalue weighted by molar-refractivity contribution is 6.61. The van der Waals surface area contributed by atoms with Crippen LogP contribution in [0.2, 0.25) is 0 Å². The molecule has 6 heteroatoms. The van der Waals surface area contributed by atoms with Crippen molar-refractivity contribution in [2.24, 2.45) is 5.92 Å². The van der Waals surface area contributed by atoms with Gasteiger partial charge in [0.15, 0.2) is 0 Å². The number of ether oxygens (including phenoxy) is 1. The van der Waals surface area contributed by atoms with Crippen LogP contribution < -0.4 is 5.32 Å². The Morgan fingerprint density at radius 2 is 2.00 bits per heavy atom. The predicted molar refractivity (Wildman–Crippen MR) is 56.1 cm³/mol. The normalized spacial score (nSPS) is 16.1. The molecule has 0 saturated carbocycles. The van der Waals surface area contributed by atoms with Crippen molar-refractivity contribution < 1.29 is 19.4 Å². The summed E-state index contributed by atoms with van der Waals surface area (Å²) in [6.45, 7) is 3.76. The first-order valence-corrected chi connectivity index (χ1v) is 5.21. The van der Waals surface area contributed by atoms with Crippen LogP contribution in [0, 0.1) is 5.92 Å². The van der Waals surface area contributed by atoms with Gasteiger partial charge in [0.2, 0.25) is 0 Å². The molecule has 1 fully saturated rings. The second-order valence-corrected chi connectivity index (χ2v) is 3.34. The van der Waals surface area contributed by atoms with Gasteiger partial charge < -0.3 is 15.2 Å². The highest BCUT2D eigenvalue weighted by Gasteiger charge is 2.18. The Hall–Kier alpha value is -0.810. The van der Waals surface area contributed by atoms with Gasteiger partial charge in [-0.05, 0) is 32.9 Å². The van der Waals surface area contributed by atoms with E-state index in [1.54, 1.807) is 6.92 Å². The fourth-order valence-electron chi connectivity index (χ4n) is 1.18. The van der Waals surface area contributed by atoms with Crippen LogP contribution in [0.4, 0.5) is 4.79 Å². The quantitative estimate of drug-likeness (QED) is 0.711. The number of piperidine rings is 1. The monoisotopic (exact) mass is 237 g/mol. The molecule has 0 atom stereocenters. The van der Waals surface area contributed by atoms with Gasteiger partial charge in [-0.15, -0.1) is 0 Å². The third-order valence-electron chi connectivity index (χ3n) is 1.95. The molecule has 0 radical (unpaired) electrons. The molecule has 0 unspecified atom stereocenters. The van der Waals surface area contributed by atoms with Crippen LogP contribution in [0.5, 0.6) is 0 Å². The van der Waals surface area contributed by atoms with Crippen molar-refractivity contribution in [3.63, 3.8) is 0 Å². The van der Waals surface area contributed by atoms with Crippen molar-refractivity contribution in [3.05, 3.63) is 0 Å². The minimum absolute atomic E-state index is 0.0914. The molecule has 0 amide bonds. The van der Waals surface area contributed by atoms with E-state index in [0.29, 0.717) is 6.61 Å². The summed E-state index contributed by atoms with van der Waals surface area (Å²) in [6, 6.07) is 0. The molecule has 1 heterocycles. The van der Waals surface area contributed by atoms with Crippen molar-refractivity contribution in [2.75, 3.05) is 19.7 Å². The molecule has 2 N–H and O–H groups in total. The van der Waals surface area contributed by atoms with Gasteiger partial charge in [-0.25, -0.2) is 4.79 Å². The van der Waals surface area contributed by atoms with Crippen molar-refractivity contribution in [1.82, 2.24) is 5.32 Å². The molecule has 0 aromatic carbocycles.